The van der Waals surface area contributed by atoms with Gasteiger partial charge in [0.05, 0.1) is 0 Å². The lowest BCUT2D eigenvalue weighted by Crippen LogP contribution is -2.51. The van der Waals surface area contributed by atoms with Crippen LogP contribution in [0.25, 0.3) is 10.8 Å². The second-order valence-corrected chi connectivity index (χ2v) is 5.89. The number of fused-ring (bicyclic) bond motifs is 1. The molecule has 1 N–H and O–H groups in total. The number of rotatable bonds is 3. The fourth-order valence-corrected chi connectivity index (χ4v) is 3.23. The number of hydrogen-bond donors (Lipinski definition) is 1. The molecule has 2 heterocycles. The highest BCUT2D eigenvalue weighted by Crippen LogP contribution is 2.21. The van der Waals surface area contributed by atoms with E-state index in [2.05, 4.69) is 53.5 Å². The normalized spacial score (nSPS) is 24.1. The summed E-state index contributed by atoms with van der Waals surface area (Å²) in [5.74, 6) is 0. The lowest BCUT2D eigenvalue weighted by molar-refractivity contribution is 0.0437. The van der Waals surface area contributed by atoms with Crippen molar-refractivity contribution >= 4 is 10.8 Å². The lowest BCUT2D eigenvalue weighted by atomic mass is 10.00. The maximum atomic E-state index is 4.36. The Morgan fingerprint density at radius 2 is 1.90 bits per heavy atom. The Morgan fingerprint density at radius 3 is 2.70 bits per heavy atom. The molecule has 0 radical (unpaired) electrons. The first-order valence-corrected chi connectivity index (χ1v) is 7.59. The maximum absolute atomic E-state index is 4.36. The summed E-state index contributed by atoms with van der Waals surface area (Å²) in [7, 11) is 0. The fourth-order valence-electron chi connectivity index (χ4n) is 3.23. The number of nitrogens with zero attached hydrogens (tertiary/aromatic N) is 2. The molecule has 2 unspecified atom stereocenters. The van der Waals surface area contributed by atoms with Crippen molar-refractivity contribution in [1.82, 2.24) is 15.4 Å². The Kier molecular flexibility index (Phi) is 3.99. The van der Waals surface area contributed by atoms with E-state index >= 15 is 0 Å². The third-order valence-electron chi connectivity index (χ3n) is 4.40. The number of piperidine rings is 1. The Morgan fingerprint density at radius 1 is 1.15 bits per heavy atom. The molecule has 0 spiro atoms. The van der Waals surface area contributed by atoms with Crippen molar-refractivity contribution in [2.75, 3.05) is 0 Å². The van der Waals surface area contributed by atoms with E-state index in [0.717, 1.165) is 6.54 Å². The van der Waals surface area contributed by atoms with Crippen molar-refractivity contribution < 1.29 is 0 Å². The Labute approximate surface area is 121 Å². The third-order valence-corrected chi connectivity index (χ3v) is 4.40. The van der Waals surface area contributed by atoms with Gasteiger partial charge in [-0.25, -0.2) is 5.01 Å². The predicted octanol–water partition coefficient (Wildman–Crippen LogP) is 3.50. The molecule has 0 aliphatic carbocycles. The maximum Gasteiger partial charge on any atom is 0.0375 e. The van der Waals surface area contributed by atoms with E-state index in [0.29, 0.717) is 12.1 Å². The van der Waals surface area contributed by atoms with E-state index in [1.807, 2.05) is 12.4 Å². The van der Waals surface area contributed by atoms with Crippen LogP contribution < -0.4 is 5.43 Å². The Bertz CT molecular complexity index is 566. The first kappa shape index (κ1) is 13.5. The molecule has 3 heteroatoms. The third kappa shape index (κ3) is 2.69. The smallest absolute Gasteiger partial charge is 0.0375 e. The Hall–Kier alpha value is -1.45. The summed E-state index contributed by atoms with van der Waals surface area (Å²) in [6.45, 7) is 5.47. The standard InChI is InChI=1S/C17H23N3/c1-13-6-5-7-14(2)20(13)19-12-16-11-18-10-15-8-3-4-9-17(15)16/h3-4,8-11,13-14,19H,5-7,12H2,1-2H3. The highest BCUT2D eigenvalue weighted by atomic mass is 15.5. The minimum atomic E-state index is 0.613. The van der Waals surface area contributed by atoms with Crippen molar-refractivity contribution in [2.45, 2.75) is 51.7 Å². The average molecular weight is 269 g/mol. The van der Waals surface area contributed by atoms with Crippen molar-refractivity contribution in [3.63, 3.8) is 0 Å². The average Bonchev–Trinajstić information content (AvgIpc) is 2.47. The molecule has 3 nitrogen and oxygen atoms in total. The number of nitrogens with one attached hydrogen (secondary N) is 1. The molecule has 1 aliphatic heterocycles. The molecule has 0 saturated carbocycles. The van der Waals surface area contributed by atoms with Crippen LogP contribution in [0.4, 0.5) is 0 Å². The largest absolute Gasteiger partial charge is 0.264 e. The molecular formula is C17H23N3. The van der Waals surface area contributed by atoms with Crippen LogP contribution >= 0.6 is 0 Å². The van der Waals surface area contributed by atoms with Crippen LogP contribution in [0.15, 0.2) is 36.7 Å². The molecule has 0 amide bonds. The summed E-state index contributed by atoms with van der Waals surface area (Å²) < 4.78 is 0. The summed E-state index contributed by atoms with van der Waals surface area (Å²) in [5.41, 5.74) is 4.89. The zero-order valence-corrected chi connectivity index (χ0v) is 12.3. The van der Waals surface area contributed by atoms with Gasteiger partial charge in [0.15, 0.2) is 0 Å². The quantitative estimate of drug-likeness (QED) is 0.924. The second kappa shape index (κ2) is 5.90. The first-order valence-electron chi connectivity index (χ1n) is 7.59. The van der Waals surface area contributed by atoms with Crippen molar-refractivity contribution in [3.8, 4) is 0 Å². The summed E-state index contributed by atoms with van der Waals surface area (Å²) in [6.07, 6.45) is 7.83. The predicted molar refractivity (Wildman–Crippen MR) is 83.2 cm³/mol. The Balaban J connectivity index is 1.76. The molecule has 3 rings (SSSR count). The summed E-state index contributed by atoms with van der Waals surface area (Å²) in [6, 6.07) is 9.69. The summed E-state index contributed by atoms with van der Waals surface area (Å²) in [5, 5.41) is 4.93. The van der Waals surface area contributed by atoms with E-state index in [4.69, 9.17) is 0 Å². The topological polar surface area (TPSA) is 28.2 Å². The first-order chi connectivity index (χ1) is 9.75. The molecule has 1 aromatic carbocycles. The van der Waals surface area contributed by atoms with Gasteiger partial charge in [0, 0.05) is 36.4 Å². The van der Waals surface area contributed by atoms with Crippen LogP contribution in [-0.2, 0) is 6.54 Å². The monoisotopic (exact) mass is 269 g/mol. The van der Waals surface area contributed by atoms with Crippen LogP contribution in [-0.4, -0.2) is 22.1 Å². The van der Waals surface area contributed by atoms with Gasteiger partial charge in [0.25, 0.3) is 0 Å². The van der Waals surface area contributed by atoms with Crippen molar-refractivity contribution in [3.05, 3.63) is 42.2 Å². The van der Waals surface area contributed by atoms with Crippen molar-refractivity contribution in [1.29, 1.82) is 0 Å². The highest BCUT2D eigenvalue weighted by molar-refractivity contribution is 5.84. The highest BCUT2D eigenvalue weighted by Gasteiger charge is 2.24. The van der Waals surface area contributed by atoms with E-state index in [-0.39, 0.29) is 0 Å². The molecule has 2 atom stereocenters. The van der Waals surface area contributed by atoms with Gasteiger partial charge in [-0.3, -0.25) is 10.4 Å². The molecule has 0 bridgehead atoms. The fraction of sp³-hybridized carbons (Fsp3) is 0.471. The van der Waals surface area contributed by atoms with Gasteiger partial charge in [-0.05, 0) is 37.6 Å². The van der Waals surface area contributed by atoms with Crippen LogP contribution in [0.5, 0.6) is 0 Å². The van der Waals surface area contributed by atoms with Crippen LogP contribution in [0.1, 0.15) is 38.7 Å². The van der Waals surface area contributed by atoms with Gasteiger partial charge < -0.3 is 0 Å². The molecule has 1 aromatic heterocycles. The molecule has 20 heavy (non-hydrogen) atoms. The van der Waals surface area contributed by atoms with Crippen molar-refractivity contribution in [2.24, 2.45) is 0 Å². The van der Waals surface area contributed by atoms with Gasteiger partial charge in [-0.2, -0.15) is 0 Å². The zero-order valence-electron chi connectivity index (χ0n) is 12.3. The van der Waals surface area contributed by atoms with Gasteiger partial charge in [-0.1, -0.05) is 30.7 Å². The van der Waals surface area contributed by atoms with Gasteiger partial charge in [0.2, 0.25) is 0 Å². The van der Waals surface area contributed by atoms with Crippen LogP contribution in [0.2, 0.25) is 0 Å². The molecule has 1 fully saturated rings. The molecule has 1 aliphatic rings. The number of benzene rings is 1. The van der Waals surface area contributed by atoms with E-state index in [1.54, 1.807) is 0 Å². The van der Waals surface area contributed by atoms with Gasteiger partial charge in [-0.15, -0.1) is 0 Å². The number of hydrazine groups is 1. The summed E-state index contributed by atoms with van der Waals surface area (Å²) >= 11 is 0. The molecule has 106 valence electrons. The van der Waals surface area contributed by atoms with Crippen LogP contribution in [0, 0.1) is 0 Å². The second-order valence-electron chi connectivity index (χ2n) is 5.89. The zero-order chi connectivity index (χ0) is 13.9. The van der Waals surface area contributed by atoms with E-state index in [1.165, 1.54) is 35.6 Å². The van der Waals surface area contributed by atoms with Gasteiger partial charge >= 0.3 is 0 Å². The molecular weight excluding hydrogens is 246 g/mol. The number of pyridine rings is 1. The summed E-state index contributed by atoms with van der Waals surface area (Å²) in [4.78, 5) is 4.36. The van der Waals surface area contributed by atoms with E-state index in [9.17, 15) is 0 Å². The van der Waals surface area contributed by atoms with Crippen LogP contribution in [0.3, 0.4) is 0 Å². The number of aromatic nitrogens is 1. The molecule has 1 saturated heterocycles. The minimum absolute atomic E-state index is 0.613. The van der Waals surface area contributed by atoms with E-state index < -0.39 is 0 Å². The molecule has 2 aromatic rings. The SMILES string of the molecule is CC1CCCC(C)N1NCc1cncc2ccccc12. The van der Waals surface area contributed by atoms with Gasteiger partial charge in [0.1, 0.15) is 0 Å². The number of hydrogen-bond acceptors (Lipinski definition) is 3. The lowest BCUT2D eigenvalue weighted by Gasteiger charge is -2.39. The minimum Gasteiger partial charge on any atom is -0.264 e.